The first-order valence-electron chi connectivity index (χ1n) is 7.74. The van der Waals surface area contributed by atoms with Gasteiger partial charge in [-0.25, -0.2) is 5.26 Å². The van der Waals surface area contributed by atoms with Crippen molar-refractivity contribution >= 4 is 7.05 Å². The maximum atomic E-state index is 9.54. The number of hydrogen-bond donors (Lipinski definition) is 0. The van der Waals surface area contributed by atoms with Crippen LogP contribution in [0.25, 0.3) is 0 Å². The van der Waals surface area contributed by atoms with Gasteiger partial charge in [0, 0.05) is 6.42 Å². The van der Waals surface area contributed by atoms with E-state index in [0.717, 1.165) is 25.7 Å². The first-order chi connectivity index (χ1) is 9.45. The van der Waals surface area contributed by atoms with Crippen LogP contribution in [0.4, 0.5) is 0 Å². The molecule has 0 atom stereocenters. The Kier molecular flexibility index (Phi) is 6.60. The molecule has 110 valence electrons. The van der Waals surface area contributed by atoms with E-state index in [2.05, 4.69) is 44.4 Å². The van der Waals surface area contributed by atoms with Crippen LogP contribution in [0.15, 0.2) is 0 Å². The molecular formula is C16H27BN2O. The van der Waals surface area contributed by atoms with E-state index in [1.54, 1.807) is 0 Å². The van der Waals surface area contributed by atoms with Crippen molar-refractivity contribution < 1.29 is 4.65 Å². The second-order valence-electron chi connectivity index (χ2n) is 6.36. The van der Waals surface area contributed by atoms with E-state index in [1.165, 1.54) is 6.42 Å². The second-order valence-corrected chi connectivity index (χ2v) is 6.36. The van der Waals surface area contributed by atoms with Crippen LogP contribution in [0.5, 0.6) is 0 Å². The summed E-state index contributed by atoms with van der Waals surface area (Å²) in [6, 6.07) is 0.539. The topological polar surface area (TPSA) is 36.3 Å². The zero-order valence-corrected chi connectivity index (χ0v) is 13.4. The van der Waals surface area contributed by atoms with Crippen molar-refractivity contribution in [1.29, 1.82) is 5.26 Å². The van der Waals surface area contributed by atoms with E-state index in [1.807, 2.05) is 0 Å². The quantitative estimate of drug-likeness (QED) is 0.550. The molecule has 0 amide bonds. The molecule has 0 radical (unpaired) electrons. The predicted molar refractivity (Wildman–Crippen MR) is 83.8 cm³/mol. The molecule has 20 heavy (non-hydrogen) atoms. The first kappa shape index (κ1) is 17.1. The molecule has 0 bridgehead atoms. The minimum Gasteiger partial charge on any atom is -0.403 e. The van der Waals surface area contributed by atoms with Crippen molar-refractivity contribution in [2.75, 3.05) is 0 Å². The van der Waals surface area contributed by atoms with Crippen LogP contribution in [0.2, 0.25) is 0 Å². The summed E-state index contributed by atoms with van der Waals surface area (Å²) in [5.41, 5.74) is -0.296. The molecule has 0 aromatic heterocycles. The number of hydrogen-bond acceptors (Lipinski definition) is 3. The molecular weight excluding hydrogens is 247 g/mol. The lowest BCUT2D eigenvalue weighted by Crippen LogP contribution is -2.54. The molecule has 1 saturated carbocycles. The lowest BCUT2D eigenvalue weighted by Gasteiger charge is -2.41. The van der Waals surface area contributed by atoms with Gasteiger partial charge in [-0.05, 0) is 24.9 Å². The summed E-state index contributed by atoms with van der Waals surface area (Å²) in [5.74, 6) is 5.08. The fraction of sp³-hybridized carbons (Fsp3) is 0.812. The second kappa shape index (κ2) is 7.72. The minimum absolute atomic E-state index is 0.270. The molecule has 0 spiro atoms. The van der Waals surface area contributed by atoms with Gasteiger partial charge < -0.3 is 4.65 Å². The summed E-state index contributed by atoms with van der Waals surface area (Å²) in [4.78, 5) is 2.12. The van der Waals surface area contributed by atoms with Crippen molar-refractivity contribution in [2.24, 2.45) is 0 Å². The normalized spacial score (nSPS) is 18.1. The number of terminal acetylenes is 1. The van der Waals surface area contributed by atoms with E-state index in [-0.39, 0.29) is 17.7 Å². The summed E-state index contributed by atoms with van der Waals surface area (Å²) in [5, 5.41) is 9.54. The Balaban J connectivity index is 2.89. The Hall–Kier alpha value is -0.965. The average Bonchev–Trinajstić information content (AvgIpc) is 2.38. The number of nitrogens with zero attached hydrogens (tertiary/aromatic N) is 2. The van der Waals surface area contributed by atoms with E-state index in [4.69, 9.17) is 11.1 Å². The van der Waals surface area contributed by atoms with E-state index in [0.29, 0.717) is 6.42 Å². The van der Waals surface area contributed by atoms with Gasteiger partial charge in [0.05, 0.1) is 11.6 Å². The van der Waals surface area contributed by atoms with Gasteiger partial charge in [0.15, 0.2) is 0 Å². The number of rotatable bonds is 6. The van der Waals surface area contributed by atoms with Crippen LogP contribution >= 0.6 is 0 Å². The lowest BCUT2D eigenvalue weighted by molar-refractivity contribution is 0.0183. The SMILES string of the molecule is C#CCC1(OB(C#N)N(C(C)C)C(C)C)CCCCC1. The molecule has 4 heteroatoms. The van der Waals surface area contributed by atoms with Crippen molar-refractivity contribution in [2.45, 2.75) is 83.9 Å². The molecule has 1 rings (SSSR count). The summed E-state index contributed by atoms with van der Waals surface area (Å²) >= 11 is 0. The van der Waals surface area contributed by atoms with E-state index in [9.17, 15) is 5.26 Å². The van der Waals surface area contributed by atoms with Gasteiger partial charge in [-0.15, -0.1) is 12.3 Å². The molecule has 0 aliphatic heterocycles. The van der Waals surface area contributed by atoms with Gasteiger partial charge in [-0.3, -0.25) is 4.81 Å². The van der Waals surface area contributed by atoms with Gasteiger partial charge in [0.2, 0.25) is 0 Å². The van der Waals surface area contributed by atoms with E-state index >= 15 is 0 Å². The molecule has 3 nitrogen and oxygen atoms in total. The van der Waals surface area contributed by atoms with Gasteiger partial charge >= 0.3 is 7.05 Å². The molecule has 0 saturated heterocycles. The number of nitriles is 1. The standard InChI is InChI=1S/C16H27BN2O/c1-6-10-16(11-8-7-9-12-16)20-17(13-18)19(14(2)3)15(4)5/h1,14-15H,7-12H2,2-5H3. The van der Waals surface area contributed by atoms with Crippen LogP contribution in [-0.4, -0.2) is 29.5 Å². The Morgan fingerprint density at radius 1 is 1.20 bits per heavy atom. The van der Waals surface area contributed by atoms with Gasteiger partial charge in [-0.1, -0.05) is 47.0 Å². The highest BCUT2D eigenvalue weighted by Crippen LogP contribution is 2.35. The molecule has 0 aromatic carbocycles. The molecule has 1 fully saturated rings. The zero-order chi connectivity index (χ0) is 15.2. The molecule has 1 aliphatic rings. The maximum absolute atomic E-state index is 9.54. The van der Waals surface area contributed by atoms with Crippen molar-refractivity contribution in [3.05, 3.63) is 0 Å². The van der Waals surface area contributed by atoms with Crippen LogP contribution < -0.4 is 0 Å². The molecule has 1 aliphatic carbocycles. The maximum Gasteiger partial charge on any atom is 0.504 e. The fourth-order valence-electron chi connectivity index (χ4n) is 3.25. The molecule has 0 unspecified atom stereocenters. The highest BCUT2D eigenvalue weighted by Gasteiger charge is 2.40. The summed E-state index contributed by atoms with van der Waals surface area (Å²) in [7, 11) is -0.513. The van der Waals surface area contributed by atoms with Crippen LogP contribution in [0.3, 0.4) is 0 Å². The predicted octanol–water partition coefficient (Wildman–Crippen LogP) is 3.40. The molecule has 0 aromatic rings. The highest BCUT2D eigenvalue weighted by atomic mass is 16.5. The third-order valence-electron chi connectivity index (χ3n) is 4.12. The first-order valence-corrected chi connectivity index (χ1v) is 7.74. The van der Waals surface area contributed by atoms with Crippen LogP contribution in [-0.2, 0) is 4.65 Å². The monoisotopic (exact) mass is 274 g/mol. The van der Waals surface area contributed by atoms with Gasteiger partial charge in [-0.2, -0.15) is 0 Å². The van der Waals surface area contributed by atoms with Crippen LogP contribution in [0.1, 0.15) is 66.2 Å². The lowest BCUT2D eigenvalue weighted by atomic mass is 9.74. The molecule has 0 N–H and O–H groups in total. The van der Waals surface area contributed by atoms with Gasteiger partial charge in [0.25, 0.3) is 0 Å². The van der Waals surface area contributed by atoms with E-state index < -0.39 is 7.05 Å². The summed E-state index contributed by atoms with van der Waals surface area (Å²) in [6.45, 7) is 8.40. The van der Waals surface area contributed by atoms with Crippen molar-refractivity contribution in [1.82, 2.24) is 4.81 Å². The third kappa shape index (κ3) is 4.27. The highest BCUT2D eigenvalue weighted by molar-refractivity contribution is 6.57. The summed E-state index contributed by atoms with van der Waals surface area (Å²) < 4.78 is 6.28. The zero-order valence-electron chi connectivity index (χ0n) is 13.4. The molecule has 0 heterocycles. The van der Waals surface area contributed by atoms with Crippen molar-refractivity contribution in [3.8, 4) is 18.3 Å². The fourth-order valence-corrected chi connectivity index (χ4v) is 3.25. The Morgan fingerprint density at radius 2 is 1.75 bits per heavy atom. The minimum atomic E-state index is -0.513. The Labute approximate surface area is 124 Å². The Morgan fingerprint density at radius 3 is 2.15 bits per heavy atom. The summed E-state index contributed by atoms with van der Waals surface area (Å²) in [6.07, 6.45) is 11.6. The van der Waals surface area contributed by atoms with Crippen molar-refractivity contribution in [3.63, 3.8) is 0 Å². The van der Waals surface area contributed by atoms with Gasteiger partial charge in [0.1, 0.15) is 0 Å². The average molecular weight is 274 g/mol. The third-order valence-corrected chi connectivity index (χ3v) is 4.12. The Bertz CT molecular complexity index is 367. The smallest absolute Gasteiger partial charge is 0.403 e. The van der Waals surface area contributed by atoms with Crippen LogP contribution in [0, 0.1) is 23.6 Å². The largest absolute Gasteiger partial charge is 0.504 e.